The third-order valence-corrected chi connectivity index (χ3v) is 5.31. The molecule has 0 aliphatic rings. The van der Waals surface area contributed by atoms with Gasteiger partial charge >= 0.3 is 5.51 Å². The summed E-state index contributed by atoms with van der Waals surface area (Å²) in [5, 5.41) is 8.82. The first-order valence-corrected chi connectivity index (χ1v) is 9.39. The third kappa shape index (κ3) is 4.58. The zero-order chi connectivity index (χ0) is 20.9. The van der Waals surface area contributed by atoms with Crippen molar-refractivity contribution < 1.29 is 26.4 Å². The van der Waals surface area contributed by atoms with E-state index in [2.05, 4.69) is 6.58 Å². The molecule has 1 amide bonds. The number of carbonyl (C=O) groups is 1. The maximum atomic E-state index is 12.7. The molecular formula is C19H15F3N2O3S. The number of amides is 1. The van der Waals surface area contributed by atoms with Crippen LogP contribution in [-0.2, 0) is 16.4 Å². The van der Waals surface area contributed by atoms with E-state index in [1.165, 1.54) is 11.0 Å². The van der Waals surface area contributed by atoms with Gasteiger partial charge in [-0.15, -0.1) is 6.58 Å². The van der Waals surface area contributed by atoms with Crippen LogP contribution in [0.1, 0.15) is 21.5 Å². The highest BCUT2D eigenvalue weighted by atomic mass is 32.2. The molecular weight excluding hydrogens is 393 g/mol. The molecule has 0 heterocycles. The molecule has 28 heavy (non-hydrogen) atoms. The average molecular weight is 408 g/mol. The Kier molecular flexibility index (Phi) is 6.26. The van der Waals surface area contributed by atoms with Crippen LogP contribution in [0.2, 0.25) is 0 Å². The number of nitrogens with zero attached hydrogens (tertiary/aromatic N) is 2. The Morgan fingerprint density at radius 3 is 2.14 bits per heavy atom. The summed E-state index contributed by atoms with van der Waals surface area (Å²) in [4.78, 5) is 13.1. The fourth-order valence-corrected chi connectivity index (χ4v) is 3.13. The predicted molar refractivity (Wildman–Crippen MR) is 95.8 cm³/mol. The lowest BCUT2D eigenvalue weighted by atomic mass is 10.1. The monoisotopic (exact) mass is 408 g/mol. The highest BCUT2D eigenvalue weighted by molar-refractivity contribution is 7.92. The number of halogens is 3. The molecule has 146 valence electrons. The van der Waals surface area contributed by atoms with Crippen LogP contribution in [0.25, 0.3) is 0 Å². The normalized spacial score (nSPS) is 11.5. The van der Waals surface area contributed by atoms with Crippen LogP contribution in [0.5, 0.6) is 0 Å². The lowest BCUT2D eigenvalue weighted by molar-refractivity contribution is -0.0436. The standard InChI is InChI=1S/C19H15F3N2O3S/c1-2-11-24(13-15-5-3-14(12-23)4-6-15)18(25)16-7-9-17(10-8-16)28(26,27)19(20,21)22/h2-10H,1,11,13H2. The van der Waals surface area contributed by atoms with E-state index in [-0.39, 0.29) is 18.7 Å². The number of carbonyl (C=O) groups excluding carboxylic acids is 1. The van der Waals surface area contributed by atoms with Crippen LogP contribution in [0, 0.1) is 11.3 Å². The van der Waals surface area contributed by atoms with E-state index in [1.54, 1.807) is 24.3 Å². The topological polar surface area (TPSA) is 78.2 Å². The van der Waals surface area contributed by atoms with Crippen LogP contribution in [-0.4, -0.2) is 31.3 Å². The molecule has 0 fully saturated rings. The second kappa shape index (κ2) is 8.27. The van der Waals surface area contributed by atoms with E-state index in [4.69, 9.17) is 5.26 Å². The highest BCUT2D eigenvalue weighted by Gasteiger charge is 2.46. The Labute approximate surface area is 160 Å². The van der Waals surface area contributed by atoms with Gasteiger partial charge in [0.05, 0.1) is 16.5 Å². The number of alkyl halides is 3. The molecule has 0 saturated carbocycles. The van der Waals surface area contributed by atoms with E-state index in [0.29, 0.717) is 5.56 Å². The van der Waals surface area contributed by atoms with Gasteiger partial charge in [0.2, 0.25) is 0 Å². The molecule has 9 heteroatoms. The Morgan fingerprint density at radius 1 is 1.11 bits per heavy atom. The molecule has 2 aromatic carbocycles. The first-order chi connectivity index (χ1) is 13.1. The molecule has 0 aliphatic carbocycles. The van der Waals surface area contributed by atoms with Crippen LogP contribution < -0.4 is 0 Å². The molecule has 0 N–H and O–H groups in total. The van der Waals surface area contributed by atoms with E-state index < -0.39 is 26.1 Å². The van der Waals surface area contributed by atoms with Gasteiger partial charge in [0.25, 0.3) is 15.7 Å². The van der Waals surface area contributed by atoms with Crippen molar-refractivity contribution >= 4 is 15.7 Å². The van der Waals surface area contributed by atoms with Crippen molar-refractivity contribution in [3.8, 4) is 6.07 Å². The number of hydrogen-bond donors (Lipinski definition) is 0. The van der Waals surface area contributed by atoms with Gasteiger partial charge < -0.3 is 4.90 Å². The smallest absolute Gasteiger partial charge is 0.331 e. The SMILES string of the molecule is C=CCN(Cc1ccc(C#N)cc1)C(=O)c1ccc(S(=O)(=O)C(F)(F)F)cc1. The highest BCUT2D eigenvalue weighted by Crippen LogP contribution is 2.30. The molecule has 0 aromatic heterocycles. The summed E-state index contributed by atoms with van der Waals surface area (Å²) in [7, 11) is -5.47. The van der Waals surface area contributed by atoms with Crippen molar-refractivity contribution in [2.45, 2.75) is 16.9 Å². The van der Waals surface area contributed by atoms with Gasteiger partial charge in [-0.25, -0.2) is 8.42 Å². The summed E-state index contributed by atoms with van der Waals surface area (Å²) in [5.74, 6) is -0.500. The number of nitriles is 1. The van der Waals surface area contributed by atoms with Crippen LogP contribution in [0.15, 0.2) is 66.1 Å². The summed E-state index contributed by atoms with van der Waals surface area (Å²) in [5.41, 5.74) is -4.17. The Hall–Kier alpha value is -3.12. The van der Waals surface area contributed by atoms with E-state index in [0.717, 1.165) is 29.8 Å². The number of sulfone groups is 1. The molecule has 2 aromatic rings. The Morgan fingerprint density at radius 2 is 1.68 bits per heavy atom. The second-order valence-electron chi connectivity index (χ2n) is 5.76. The van der Waals surface area contributed by atoms with Gasteiger partial charge in [0.1, 0.15) is 0 Å². The minimum atomic E-state index is -5.47. The van der Waals surface area contributed by atoms with Crippen molar-refractivity contribution in [1.29, 1.82) is 5.26 Å². The molecule has 0 saturated heterocycles. The maximum Gasteiger partial charge on any atom is 0.501 e. The minimum Gasteiger partial charge on any atom is -0.331 e. The van der Waals surface area contributed by atoms with Gasteiger partial charge in [-0.3, -0.25) is 4.79 Å². The molecule has 0 radical (unpaired) electrons. The summed E-state index contributed by atoms with van der Waals surface area (Å²) in [6, 6.07) is 12.1. The zero-order valence-corrected chi connectivity index (χ0v) is 15.3. The molecule has 5 nitrogen and oxygen atoms in total. The van der Waals surface area contributed by atoms with E-state index in [1.807, 2.05) is 6.07 Å². The number of hydrogen-bond acceptors (Lipinski definition) is 4. The van der Waals surface area contributed by atoms with E-state index in [9.17, 15) is 26.4 Å². The summed E-state index contributed by atoms with van der Waals surface area (Å²) in [6.45, 7) is 3.93. The summed E-state index contributed by atoms with van der Waals surface area (Å²) >= 11 is 0. The third-order valence-electron chi connectivity index (χ3n) is 3.81. The average Bonchev–Trinajstić information content (AvgIpc) is 2.67. The van der Waals surface area contributed by atoms with Crippen molar-refractivity contribution in [3.05, 3.63) is 77.9 Å². The quantitative estimate of drug-likeness (QED) is 0.683. The van der Waals surface area contributed by atoms with Crippen LogP contribution in [0.3, 0.4) is 0 Å². The molecule has 0 spiro atoms. The number of rotatable bonds is 6. The largest absolute Gasteiger partial charge is 0.501 e. The van der Waals surface area contributed by atoms with E-state index >= 15 is 0 Å². The van der Waals surface area contributed by atoms with Gasteiger partial charge in [-0.1, -0.05) is 18.2 Å². The maximum absolute atomic E-state index is 12.7. The summed E-state index contributed by atoms with van der Waals surface area (Å²) in [6.07, 6.45) is 1.49. The fourth-order valence-electron chi connectivity index (χ4n) is 2.37. The number of benzene rings is 2. The fraction of sp³-hybridized carbons (Fsp3) is 0.158. The van der Waals surface area contributed by atoms with Crippen molar-refractivity contribution in [3.63, 3.8) is 0 Å². The molecule has 0 unspecified atom stereocenters. The van der Waals surface area contributed by atoms with Crippen molar-refractivity contribution in [1.82, 2.24) is 4.90 Å². The van der Waals surface area contributed by atoms with Gasteiger partial charge in [0.15, 0.2) is 0 Å². The van der Waals surface area contributed by atoms with Crippen LogP contribution in [0.4, 0.5) is 13.2 Å². The van der Waals surface area contributed by atoms with Gasteiger partial charge in [0, 0.05) is 18.7 Å². The molecule has 0 bridgehead atoms. The first kappa shape index (κ1) is 21.2. The molecule has 0 aliphatic heterocycles. The second-order valence-corrected chi connectivity index (χ2v) is 7.70. The lowest BCUT2D eigenvalue weighted by Crippen LogP contribution is -2.30. The van der Waals surface area contributed by atoms with Crippen molar-refractivity contribution in [2.24, 2.45) is 0 Å². The Bertz CT molecular complexity index is 1010. The van der Waals surface area contributed by atoms with Crippen LogP contribution >= 0.6 is 0 Å². The zero-order valence-electron chi connectivity index (χ0n) is 14.5. The lowest BCUT2D eigenvalue weighted by Gasteiger charge is -2.21. The Balaban J connectivity index is 2.25. The first-order valence-electron chi connectivity index (χ1n) is 7.91. The summed E-state index contributed by atoms with van der Waals surface area (Å²) < 4.78 is 60.6. The van der Waals surface area contributed by atoms with Gasteiger partial charge in [-0.05, 0) is 42.0 Å². The van der Waals surface area contributed by atoms with Crippen molar-refractivity contribution in [2.75, 3.05) is 6.54 Å². The van der Waals surface area contributed by atoms with Gasteiger partial charge in [-0.2, -0.15) is 18.4 Å². The molecule has 0 atom stereocenters. The predicted octanol–water partition coefficient (Wildman–Crippen LogP) is 3.68. The minimum absolute atomic E-state index is 0.0385. The molecule has 2 rings (SSSR count).